The van der Waals surface area contributed by atoms with Gasteiger partial charge in [0.25, 0.3) is 5.91 Å². The van der Waals surface area contributed by atoms with E-state index < -0.39 is 5.91 Å². The van der Waals surface area contributed by atoms with E-state index in [1.54, 1.807) is 30.3 Å². The summed E-state index contributed by atoms with van der Waals surface area (Å²) in [5, 5.41) is 21.2. The van der Waals surface area contributed by atoms with Crippen LogP contribution in [0.3, 0.4) is 0 Å². The third kappa shape index (κ3) is 6.67. The van der Waals surface area contributed by atoms with Crippen LogP contribution in [0.25, 0.3) is 6.08 Å². The molecular weight excluding hydrogens is 385 g/mol. The fourth-order valence-electron chi connectivity index (χ4n) is 2.18. The van der Waals surface area contributed by atoms with Crippen molar-refractivity contribution in [1.82, 2.24) is 0 Å². The zero-order valence-electron chi connectivity index (χ0n) is 14.2. The number of benzene rings is 2. The fourth-order valence-corrected chi connectivity index (χ4v) is 2.70. The zero-order chi connectivity index (χ0) is 19.6. The zero-order valence-corrected chi connectivity index (χ0v) is 15.7. The number of carbonyl (C=O) groups excluding carboxylic acids is 1. The lowest BCUT2D eigenvalue weighted by Crippen LogP contribution is -2.13. The Morgan fingerprint density at radius 2 is 1.89 bits per heavy atom. The first-order chi connectivity index (χ1) is 13.0. The van der Waals surface area contributed by atoms with E-state index in [1.165, 1.54) is 18.2 Å². The normalized spacial score (nSPS) is 10.6. The summed E-state index contributed by atoms with van der Waals surface area (Å²) in [7, 11) is 0. The molecule has 0 spiro atoms. The minimum Gasteiger partial charge on any atom is -0.494 e. The van der Waals surface area contributed by atoms with Crippen LogP contribution in [0.1, 0.15) is 18.4 Å². The van der Waals surface area contributed by atoms with E-state index in [0.717, 1.165) is 0 Å². The number of anilines is 1. The fraction of sp³-hybridized carbons (Fsp3) is 0.150. The van der Waals surface area contributed by atoms with Crippen molar-refractivity contribution in [3.05, 3.63) is 63.6 Å². The predicted molar refractivity (Wildman–Crippen MR) is 105 cm³/mol. The number of hydrogen-bond donors (Lipinski definition) is 1. The van der Waals surface area contributed by atoms with E-state index in [2.05, 4.69) is 11.4 Å². The van der Waals surface area contributed by atoms with Gasteiger partial charge in [-0.05, 0) is 48.4 Å². The Morgan fingerprint density at radius 3 is 2.56 bits per heavy atom. The van der Waals surface area contributed by atoms with Gasteiger partial charge in [-0.25, -0.2) is 0 Å². The second-order valence-corrected chi connectivity index (χ2v) is 6.34. The van der Waals surface area contributed by atoms with Crippen molar-refractivity contribution in [2.45, 2.75) is 12.8 Å². The van der Waals surface area contributed by atoms with Gasteiger partial charge in [0.05, 0.1) is 12.7 Å². The molecule has 2 rings (SSSR count). The Balaban J connectivity index is 2.11. The summed E-state index contributed by atoms with van der Waals surface area (Å²) in [6, 6.07) is 15.6. The molecule has 0 bridgehead atoms. The van der Waals surface area contributed by atoms with Gasteiger partial charge in [-0.1, -0.05) is 35.3 Å². The maximum Gasteiger partial charge on any atom is 0.266 e. The molecule has 2 aromatic rings. The third-order valence-corrected chi connectivity index (χ3v) is 3.79. The maximum atomic E-state index is 12.3. The topological polar surface area (TPSA) is 85.9 Å². The molecule has 1 amide bonds. The van der Waals surface area contributed by atoms with Crippen molar-refractivity contribution in [3.63, 3.8) is 0 Å². The second kappa shape index (κ2) is 10.2. The van der Waals surface area contributed by atoms with Crippen LogP contribution < -0.4 is 10.1 Å². The molecule has 0 saturated heterocycles. The third-order valence-electron chi connectivity index (χ3n) is 3.36. The Kier molecular flexibility index (Phi) is 7.70. The molecule has 2 aromatic carbocycles. The van der Waals surface area contributed by atoms with Crippen LogP contribution in [0.15, 0.2) is 48.0 Å². The van der Waals surface area contributed by atoms with Gasteiger partial charge < -0.3 is 10.1 Å². The lowest BCUT2D eigenvalue weighted by molar-refractivity contribution is -0.112. The van der Waals surface area contributed by atoms with Crippen LogP contribution in [-0.2, 0) is 4.79 Å². The standard InChI is InChI=1S/C20H15Cl2N3O2/c21-16-10-17(22)12-18(11-16)25-20(26)15(13-24)8-14-4-3-5-19(9-14)27-7-2-1-6-23/h3-5,8-12H,1-2,7H2,(H,25,26)/b15-8-. The van der Waals surface area contributed by atoms with Gasteiger partial charge in [-0.15, -0.1) is 0 Å². The monoisotopic (exact) mass is 399 g/mol. The van der Waals surface area contributed by atoms with E-state index in [9.17, 15) is 10.1 Å². The van der Waals surface area contributed by atoms with Gasteiger partial charge in [0, 0.05) is 22.2 Å². The molecule has 0 saturated carbocycles. The summed E-state index contributed by atoms with van der Waals surface area (Å²) in [5.74, 6) is 0.0252. The van der Waals surface area contributed by atoms with Gasteiger partial charge in [-0.2, -0.15) is 10.5 Å². The summed E-state index contributed by atoms with van der Waals surface area (Å²) in [6.45, 7) is 0.418. The van der Waals surface area contributed by atoms with E-state index in [0.29, 0.717) is 46.5 Å². The number of halogens is 2. The number of unbranched alkanes of at least 4 members (excludes halogenated alkanes) is 1. The molecule has 1 N–H and O–H groups in total. The van der Waals surface area contributed by atoms with Crippen molar-refractivity contribution in [3.8, 4) is 17.9 Å². The summed E-state index contributed by atoms with van der Waals surface area (Å²) in [5.41, 5.74) is 0.963. The van der Waals surface area contributed by atoms with E-state index >= 15 is 0 Å². The van der Waals surface area contributed by atoms with Crippen molar-refractivity contribution >= 4 is 40.9 Å². The quantitative estimate of drug-likeness (QED) is 0.392. The lowest BCUT2D eigenvalue weighted by atomic mass is 10.1. The van der Waals surface area contributed by atoms with Crippen LogP contribution in [0.2, 0.25) is 10.0 Å². The Bertz CT molecular complexity index is 923. The number of nitrogens with zero attached hydrogens (tertiary/aromatic N) is 2. The molecule has 0 aliphatic carbocycles. The Hall–Kier alpha value is -2.99. The molecule has 5 nitrogen and oxygen atoms in total. The SMILES string of the molecule is N#CCCCOc1cccc(/C=C(/C#N)C(=O)Nc2cc(Cl)cc(Cl)c2)c1. The average Bonchev–Trinajstić information content (AvgIpc) is 2.62. The predicted octanol–water partition coefficient (Wildman–Crippen LogP) is 5.22. The summed E-state index contributed by atoms with van der Waals surface area (Å²) in [4.78, 5) is 12.3. The van der Waals surface area contributed by atoms with Crippen molar-refractivity contribution in [2.75, 3.05) is 11.9 Å². The van der Waals surface area contributed by atoms with Gasteiger partial charge in [0.15, 0.2) is 0 Å². The average molecular weight is 400 g/mol. The van der Waals surface area contributed by atoms with E-state index in [4.69, 9.17) is 33.2 Å². The molecular formula is C20H15Cl2N3O2. The minimum absolute atomic E-state index is 0.0762. The van der Waals surface area contributed by atoms with Crippen LogP contribution in [-0.4, -0.2) is 12.5 Å². The van der Waals surface area contributed by atoms with Gasteiger partial charge in [0.1, 0.15) is 17.4 Å². The molecule has 0 aliphatic heterocycles. The summed E-state index contributed by atoms with van der Waals surface area (Å²) >= 11 is 11.8. The Labute approximate surface area is 167 Å². The molecule has 7 heteroatoms. The van der Waals surface area contributed by atoms with E-state index in [-0.39, 0.29) is 5.57 Å². The Morgan fingerprint density at radius 1 is 1.15 bits per heavy atom. The molecule has 136 valence electrons. The summed E-state index contributed by atoms with van der Waals surface area (Å²) in [6.07, 6.45) is 2.51. The number of carbonyl (C=O) groups is 1. The number of amides is 1. The molecule has 0 fully saturated rings. The van der Waals surface area contributed by atoms with Crippen LogP contribution in [0, 0.1) is 22.7 Å². The highest BCUT2D eigenvalue weighted by atomic mass is 35.5. The molecule has 0 aromatic heterocycles. The van der Waals surface area contributed by atoms with Crippen LogP contribution >= 0.6 is 23.2 Å². The highest BCUT2D eigenvalue weighted by Crippen LogP contribution is 2.23. The highest BCUT2D eigenvalue weighted by Gasteiger charge is 2.11. The second-order valence-electron chi connectivity index (χ2n) is 5.46. The minimum atomic E-state index is -0.573. The van der Waals surface area contributed by atoms with Crippen LogP contribution in [0.5, 0.6) is 5.75 Å². The molecule has 0 radical (unpaired) electrons. The molecule has 0 atom stereocenters. The first-order valence-corrected chi connectivity index (χ1v) is 8.76. The number of nitriles is 2. The number of rotatable bonds is 7. The van der Waals surface area contributed by atoms with Crippen LogP contribution in [0.4, 0.5) is 5.69 Å². The molecule has 0 aliphatic rings. The number of hydrogen-bond acceptors (Lipinski definition) is 4. The lowest BCUT2D eigenvalue weighted by Gasteiger charge is -2.07. The largest absolute Gasteiger partial charge is 0.494 e. The first kappa shape index (κ1) is 20.3. The van der Waals surface area contributed by atoms with Gasteiger partial charge in [0.2, 0.25) is 0 Å². The summed E-state index contributed by atoms with van der Waals surface area (Å²) < 4.78 is 5.55. The number of nitrogens with one attached hydrogen (secondary N) is 1. The van der Waals surface area contributed by atoms with Gasteiger partial charge in [-0.3, -0.25) is 4.79 Å². The van der Waals surface area contributed by atoms with Crippen molar-refractivity contribution < 1.29 is 9.53 Å². The van der Waals surface area contributed by atoms with Crippen molar-refractivity contribution in [1.29, 1.82) is 10.5 Å². The highest BCUT2D eigenvalue weighted by molar-refractivity contribution is 6.35. The molecule has 0 unspecified atom stereocenters. The van der Waals surface area contributed by atoms with Crippen molar-refractivity contribution in [2.24, 2.45) is 0 Å². The van der Waals surface area contributed by atoms with Gasteiger partial charge >= 0.3 is 0 Å². The maximum absolute atomic E-state index is 12.3. The van der Waals surface area contributed by atoms with E-state index in [1.807, 2.05) is 6.07 Å². The smallest absolute Gasteiger partial charge is 0.266 e. The first-order valence-electron chi connectivity index (χ1n) is 8.01. The molecule has 27 heavy (non-hydrogen) atoms. The molecule has 0 heterocycles. The number of ether oxygens (including phenoxy) is 1.